The lowest BCUT2D eigenvalue weighted by molar-refractivity contribution is 0.366. The zero-order chi connectivity index (χ0) is 5.91. The summed E-state index contributed by atoms with van der Waals surface area (Å²) in [5.41, 5.74) is 0. The molecule has 0 amide bonds. The average molecular weight is 154 g/mol. The van der Waals surface area contributed by atoms with Gasteiger partial charge in [-0.1, -0.05) is 0 Å². The van der Waals surface area contributed by atoms with Crippen molar-refractivity contribution in [2.75, 3.05) is 6.61 Å². The maximum Gasteiger partial charge on any atom is 0.257 e. The zero-order valence-electron chi connectivity index (χ0n) is 3.96. The third-order valence-electron chi connectivity index (χ3n) is 0.338. The summed E-state index contributed by atoms with van der Waals surface area (Å²) < 4.78 is 4.09. The molecular weight excluding hydrogens is 147 g/mol. The molecule has 0 aromatic rings. The molecule has 0 saturated heterocycles. The Bertz CT molecular complexity index is 51.4. The van der Waals surface area contributed by atoms with Crippen molar-refractivity contribution in [2.45, 2.75) is 3.41 Å². The molecule has 0 N–H and O–H groups in total. The molecule has 0 rings (SSSR count). The summed E-state index contributed by atoms with van der Waals surface area (Å²) in [5, 5.41) is 0. The molecule has 42 valence electrons. The lowest BCUT2D eigenvalue weighted by Crippen LogP contribution is -2.11. The van der Waals surface area contributed by atoms with Crippen LogP contribution in [0.2, 0.25) is 0 Å². The highest BCUT2D eigenvalue weighted by atomic mass is 32.2. The van der Waals surface area contributed by atoms with E-state index >= 15 is 0 Å². The highest BCUT2D eigenvalue weighted by Gasteiger charge is 2.10. The molecule has 5 heteroatoms. The topological polar surface area (TPSA) is 9.23 Å². The molecule has 0 bridgehead atoms. The Labute approximate surface area is 60.9 Å². The Morgan fingerprint density at radius 3 is 1.86 bits per heavy atom. The van der Waals surface area contributed by atoms with Gasteiger partial charge in [0.2, 0.25) is 0 Å². The maximum atomic E-state index is 4.68. The van der Waals surface area contributed by atoms with Crippen molar-refractivity contribution in [2.24, 2.45) is 0 Å². The van der Waals surface area contributed by atoms with Crippen molar-refractivity contribution in [3.8, 4) is 0 Å². The molecule has 0 unspecified atom stereocenters. The van der Waals surface area contributed by atoms with Crippen LogP contribution in [0.4, 0.5) is 0 Å². The molecule has 7 heavy (non-hydrogen) atoms. The molecule has 0 aliphatic carbocycles. The molecular formula is C2H7BOS3. The van der Waals surface area contributed by atoms with Crippen LogP contribution in [0.5, 0.6) is 0 Å². The summed E-state index contributed by atoms with van der Waals surface area (Å²) in [6.07, 6.45) is 0. The minimum Gasteiger partial charge on any atom is -0.441 e. The first-order valence-electron chi connectivity index (χ1n) is 1.72. The Kier molecular flexibility index (Phi) is 3.66. The Balaban J connectivity index is 3.15. The third-order valence-corrected chi connectivity index (χ3v) is 0.725. The SMILES string of the molecule is BOCC(S)(S)S. The summed E-state index contributed by atoms with van der Waals surface area (Å²) in [5.74, 6) is 0. The highest BCUT2D eigenvalue weighted by molar-refractivity contribution is 8.17. The van der Waals surface area contributed by atoms with Crippen molar-refractivity contribution in [3.63, 3.8) is 0 Å². The summed E-state index contributed by atoms with van der Waals surface area (Å²) >= 11 is 11.8. The van der Waals surface area contributed by atoms with Crippen molar-refractivity contribution >= 4 is 45.9 Å². The molecule has 0 atom stereocenters. The van der Waals surface area contributed by atoms with Crippen LogP contribution in [-0.2, 0) is 4.65 Å². The summed E-state index contributed by atoms with van der Waals surface area (Å²) in [6.45, 7) is 0.433. The molecule has 0 aliphatic heterocycles. The van der Waals surface area contributed by atoms with Gasteiger partial charge in [-0.25, -0.2) is 0 Å². The second-order valence-electron chi connectivity index (χ2n) is 1.21. The van der Waals surface area contributed by atoms with Gasteiger partial charge in [0.1, 0.15) is 3.41 Å². The second-order valence-corrected chi connectivity index (χ2v) is 4.56. The van der Waals surface area contributed by atoms with Gasteiger partial charge in [-0.05, 0) is 0 Å². The molecule has 0 aromatic heterocycles. The van der Waals surface area contributed by atoms with Crippen LogP contribution >= 0.6 is 37.9 Å². The van der Waals surface area contributed by atoms with Crippen molar-refractivity contribution in [1.29, 1.82) is 0 Å². The van der Waals surface area contributed by atoms with Gasteiger partial charge in [-0.3, -0.25) is 0 Å². The van der Waals surface area contributed by atoms with E-state index in [0.717, 1.165) is 0 Å². The lowest BCUT2D eigenvalue weighted by atomic mass is 10.6. The second kappa shape index (κ2) is 3.17. The molecule has 0 saturated carbocycles. The fourth-order valence-corrected chi connectivity index (χ4v) is 0.581. The Morgan fingerprint density at radius 2 is 1.86 bits per heavy atom. The van der Waals surface area contributed by atoms with Gasteiger partial charge in [-0.15, -0.1) is 37.9 Å². The monoisotopic (exact) mass is 154 g/mol. The van der Waals surface area contributed by atoms with E-state index in [0.29, 0.717) is 6.61 Å². The first-order valence-corrected chi connectivity index (χ1v) is 3.06. The summed E-state index contributed by atoms with van der Waals surface area (Å²) in [7, 11) is 1.58. The number of hydrogen-bond acceptors (Lipinski definition) is 4. The minimum absolute atomic E-state index is 0.433. The van der Waals surface area contributed by atoms with Crippen LogP contribution in [0.1, 0.15) is 0 Å². The van der Waals surface area contributed by atoms with E-state index < -0.39 is 3.41 Å². The summed E-state index contributed by atoms with van der Waals surface area (Å²) in [4.78, 5) is 0. The molecule has 1 nitrogen and oxygen atoms in total. The molecule has 0 heterocycles. The van der Waals surface area contributed by atoms with Gasteiger partial charge < -0.3 is 4.65 Å². The largest absolute Gasteiger partial charge is 0.441 e. The smallest absolute Gasteiger partial charge is 0.257 e. The van der Waals surface area contributed by atoms with E-state index in [1.165, 1.54) is 0 Å². The maximum absolute atomic E-state index is 4.68. The standard InChI is InChI=1S/C2H7BOS3/c3-4-1-2(5,6)7/h5-7H,1,3H2. The van der Waals surface area contributed by atoms with Gasteiger partial charge in [0.25, 0.3) is 8.05 Å². The van der Waals surface area contributed by atoms with Crippen LogP contribution in [0.15, 0.2) is 0 Å². The minimum atomic E-state index is -0.589. The van der Waals surface area contributed by atoms with Crippen molar-refractivity contribution < 1.29 is 4.65 Å². The van der Waals surface area contributed by atoms with Crippen LogP contribution in [0.25, 0.3) is 0 Å². The van der Waals surface area contributed by atoms with Crippen LogP contribution in [0, 0.1) is 0 Å². The predicted molar refractivity (Wildman–Crippen MR) is 44.2 cm³/mol. The Morgan fingerprint density at radius 1 is 1.43 bits per heavy atom. The average Bonchev–Trinajstić information content (AvgIpc) is 1.30. The molecule has 0 fully saturated rings. The van der Waals surface area contributed by atoms with Crippen molar-refractivity contribution in [3.05, 3.63) is 0 Å². The molecule has 0 aliphatic rings. The van der Waals surface area contributed by atoms with E-state index in [2.05, 4.69) is 42.5 Å². The third kappa shape index (κ3) is 7.07. The molecule has 0 aromatic carbocycles. The quantitative estimate of drug-likeness (QED) is 0.288. The zero-order valence-corrected chi connectivity index (χ0v) is 6.64. The van der Waals surface area contributed by atoms with E-state index in [1.54, 1.807) is 8.05 Å². The van der Waals surface area contributed by atoms with Crippen LogP contribution in [0.3, 0.4) is 0 Å². The van der Waals surface area contributed by atoms with Gasteiger partial charge in [0, 0.05) is 0 Å². The van der Waals surface area contributed by atoms with Gasteiger partial charge in [0.05, 0.1) is 6.61 Å². The molecule has 0 spiro atoms. The highest BCUT2D eigenvalue weighted by Crippen LogP contribution is 2.23. The number of thiol groups is 3. The molecule has 0 radical (unpaired) electrons. The van der Waals surface area contributed by atoms with Crippen molar-refractivity contribution in [1.82, 2.24) is 0 Å². The van der Waals surface area contributed by atoms with Crippen LogP contribution < -0.4 is 0 Å². The number of hydrogen-bond donors (Lipinski definition) is 3. The van der Waals surface area contributed by atoms with Crippen LogP contribution in [-0.4, -0.2) is 18.1 Å². The number of rotatable bonds is 2. The van der Waals surface area contributed by atoms with Gasteiger partial charge in [-0.2, -0.15) is 0 Å². The van der Waals surface area contributed by atoms with E-state index in [1.807, 2.05) is 0 Å². The van der Waals surface area contributed by atoms with E-state index in [-0.39, 0.29) is 0 Å². The lowest BCUT2D eigenvalue weighted by Gasteiger charge is -2.12. The Hall–Kier alpha value is 1.07. The van der Waals surface area contributed by atoms with E-state index in [9.17, 15) is 0 Å². The fraction of sp³-hybridized carbons (Fsp3) is 1.00. The normalized spacial score (nSPS) is 11.9. The van der Waals surface area contributed by atoms with Gasteiger partial charge in [0.15, 0.2) is 0 Å². The van der Waals surface area contributed by atoms with Gasteiger partial charge >= 0.3 is 0 Å². The fourth-order valence-electron chi connectivity index (χ4n) is 0.194. The first kappa shape index (κ1) is 8.07. The first-order chi connectivity index (χ1) is 3.06. The summed E-state index contributed by atoms with van der Waals surface area (Å²) in [6, 6.07) is 0. The van der Waals surface area contributed by atoms with E-state index in [4.69, 9.17) is 0 Å². The predicted octanol–water partition coefficient (Wildman–Crippen LogP) is -0.00570.